The average Bonchev–Trinajstić information content (AvgIpc) is 2.59. The van der Waals surface area contributed by atoms with Crippen LogP contribution in [0, 0.1) is 23.0 Å². The molecule has 0 spiro atoms. The van der Waals surface area contributed by atoms with Crippen molar-refractivity contribution >= 4 is 23.6 Å². The zero-order valence-electron chi connectivity index (χ0n) is 12.7. The molecule has 0 saturated carbocycles. The van der Waals surface area contributed by atoms with E-state index < -0.39 is 28.7 Å². The monoisotopic (exact) mass is 346 g/mol. The summed E-state index contributed by atoms with van der Waals surface area (Å²) >= 11 is 5.60. The second-order valence-corrected chi connectivity index (χ2v) is 5.44. The third-order valence-corrected chi connectivity index (χ3v) is 3.67. The number of amides is 1. The number of nitriles is 1. The number of carbonyl (C=O) groups excluding carboxylic acids is 1. The molecule has 0 aromatic heterocycles. The van der Waals surface area contributed by atoms with E-state index in [0.717, 1.165) is 23.8 Å². The Hall–Kier alpha value is -2.71. The van der Waals surface area contributed by atoms with Gasteiger partial charge in [0.2, 0.25) is 0 Å². The minimum absolute atomic E-state index is 0.294. The molecule has 6 heteroatoms. The van der Waals surface area contributed by atoms with Gasteiger partial charge in [0.05, 0.1) is 11.1 Å². The molecule has 1 N–H and O–H groups in total. The van der Waals surface area contributed by atoms with Gasteiger partial charge in [0, 0.05) is 5.56 Å². The van der Waals surface area contributed by atoms with Gasteiger partial charge in [0.15, 0.2) is 5.82 Å². The summed E-state index contributed by atoms with van der Waals surface area (Å²) in [5.74, 6) is -2.66. The summed E-state index contributed by atoms with van der Waals surface area (Å²) in [5.41, 5.74) is -0.109. The van der Waals surface area contributed by atoms with Gasteiger partial charge in [-0.15, -0.1) is 0 Å². The van der Waals surface area contributed by atoms with Gasteiger partial charge in [-0.05, 0) is 30.7 Å². The van der Waals surface area contributed by atoms with E-state index in [9.17, 15) is 13.6 Å². The molecule has 2 rings (SSSR count). The van der Waals surface area contributed by atoms with Crippen LogP contribution in [0.1, 0.15) is 24.1 Å². The predicted molar refractivity (Wildman–Crippen MR) is 88.0 cm³/mol. The van der Waals surface area contributed by atoms with E-state index in [2.05, 4.69) is 5.32 Å². The van der Waals surface area contributed by atoms with Crippen LogP contribution in [0.2, 0.25) is 5.02 Å². The quantitative estimate of drug-likeness (QED) is 0.506. The zero-order chi connectivity index (χ0) is 17.7. The van der Waals surface area contributed by atoms with Crippen molar-refractivity contribution in [3.63, 3.8) is 0 Å². The fourth-order valence-corrected chi connectivity index (χ4v) is 2.23. The number of nitrogens with zero attached hydrogens (tertiary/aromatic N) is 1. The van der Waals surface area contributed by atoms with Crippen LogP contribution in [0.3, 0.4) is 0 Å². The molecule has 2 aromatic carbocycles. The maximum absolute atomic E-state index is 13.9. The molecular weight excluding hydrogens is 334 g/mol. The van der Waals surface area contributed by atoms with Crippen LogP contribution in [0.15, 0.2) is 48.0 Å². The third kappa shape index (κ3) is 3.98. The Balaban J connectivity index is 2.27. The highest BCUT2D eigenvalue weighted by Gasteiger charge is 2.17. The highest BCUT2D eigenvalue weighted by atomic mass is 35.5. The largest absolute Gasteiger partial charge is 0.345 e. The van der Waals surface area contributed by atoms with Gasteiger partial charge in [-0.25, -0.2) is 8.78 Å². The Morgan fingerprint density at radius 2 is 1.92 bits per heavy atom. The Kier molecular flexibility index (Phi) is 5.67. The maximum atomic E-state index is 13.9. The Bertz CT molecular complexity index is 829. The summed E-state index contributed by atoms with van der Waals surface area (Å²) in [4.78, 5) is 12.2. The third-order valence-electron chi connectivity index (χ3n) is 3.38. The smallest absolute Gasteiger partial charge is 0.262 e. The second-order valence-electron chi connectivity index (χ2n) is 5.03. The van der Waals surface area contributed by atoms with Crippen molar-refractivity contribution in [3.05, 3.63) is 75.8 Å². The first kappa shape index (κ1) is 17.6. The van der Waals surface area contributed by atoms with Gasteiger partial charge in [-0.1, -0.05) is 41.9 Å². The van der Waals surface area contributed by atoms with Crippen molar-refractivity contribution in [2.75, 3.05) is 0 Å². The number of carbonyl (C=O) groups is 1. The van der Waals surface area contributed by atoms with E-state index in [1.165, 1.54) is 0 Å². The first-order valence-electron chi connectivity index (χ1n) is 7.05. The van der Waals surface area contributed by atoms with Gasteiger partial charge < -0.3 is 5.32 Å². The molecule has 24 heavy (non-hydrogen) atoms. The lowest BCUT2D eigenvalue weighted by Crippen LogP contribution is -2.27. The Morgan fingerprint density at radius 1 is 1.25 bits per heavy atom. The first-order chi connectivity index (χ1) is 11.4. The van der Waals surface area contributed by atoms with Gasteiger partial charge in [-0.3, -0.25) is 4.79 Å². The molecule has 0 bridgehead atoms. The maximum Gasteiger partial charge on any atom is 0.262 e. The van der Waals surface area contributed by atoms with E-state index in [1.807, 2.05) is 30.3 Å². The highest BCUT2D eigenvalue weighted by molar-refractivity contribution is 6.30. The number of nitrogens with one attached hydrogen (secondary N) is 1. The van der Waals surface area contributed by atoms with Crippen LogP contribution < -0.4 is 5.32 Å². The van der Waals surface area contributed by atoms with Crippen molar-refractivity contribution < 1.29 is 13.6 Å². The summed E-state index contributed by atoms with van der Waals surface area (Å²) in [6.07, 6.45) is 0.851. The Labute approximate surface area is 143 Å². The highest BCUT2D eigenvalue weighted by Crippen LogP contribution is 2.23. The molecule has 0 fully saturated rings. The normalized spacial score (nSPS) is 12.4. The fourth-order valence-electron chi connectivity index (χ4n) is 2.07. The van der Waals surface area contributed by atoms with Crippen molar-refractivity contribution in [2.24, 2.45) is 0 Å². The van der Waals surface area contributed by atoms with Crippen molar-refractivity contribution in [2.45, 2.75) is 13.0 Å². The molecule has 122 valence electrons. The van der Waals surface area contributed by atoms with Crippen LogP contribution in [0.5, 0.6) is 0 Å². The van der Waals surface area contributed by atoms with Gasteiger partial charge in [0.25, 0.3) is 5.91 Å². The van der Waals surface area contributed by atoms with Gasteiger partial charge >= 0.3 is 0 Å². The minimum atomic E-state index is -1.02. The predicted octanol–water partition coefficient (Wildman–Crippen LogP) is 4.40. The van der Waals surface area contributed by atoms with E-state index in [-0.39, 0.29) is 11.1 Å². The van der Waals surface area contributed by atoms with Gasteiger partial charge in [0.1, 0.15) is 17.5 Å². The zero-order valence-corrected chi connectivity index (χ0v) is 13.4. The SMILES string of the molecule is CC(NC(=O)/C(C#N)=C/c1c(F)ccc(Cl)c1F)c1ccccc1. The van der Waals surface area contributed by atoms with Crippen molar-refractivity contribution in [3.8, 4) is 6.07 Å². The lowest BCUT2D eigenvalue weighted by atomic mass is 10.1. The molecule has 1 amide bonds. The van der Waals surface area contributed by atoms with E-state index in [1.54, 1.807) is 13.0 Å². The van der Waals surface area contributed by atoms with Crippen LogP contribution in [0.4, 0.5) is 8.78 Å². The number of hydrogen-bond donors (Lipinski definition) is 1. The first-order valence-corrected chi connectivity index (χ1v) is 7.43. The molecule has 1 atom stereocenters. The standard InChI is InChI=1S/C18H13ClF2N2O/c1-11(12-5-3-2-4-6-12)23-18(24)13(10-22)9-14-16(20)8-7-15(19)17(14)21/h2-9,11H,1H3,(H,23,24)/b13-9+. The molecule has 0 saturated heterocycles. The molecule has 0 aliphatic rings. The minimum Gasteiger partial charge on any atom is -0.345 e. The number of rotatable bonds is 4. The molecule has 0 aliphatic heterocycles. The lowest BCUT2D eigenvalue weighted by molar-refractivity contribution is -0.117. The molecule has 0 heterocycles. The van der Waals surface area contributed by atoms with Crippen molar-refractivity contribution in [1.82, 2.24) is 5.32 Å². The summed E-state index contributed by atoms with van der Waals surface area (Å²) < 4.78 is 27.6. The molecule has 0 aliphatic carbocycles. The van der Waals surface area contributed by atoms with E-state index in [0.29, 0.717) is 0 Å². The van der Waals surface area contributed by atoms with Crippen LogP contribution >= 0.6 is 11.6 Å². The molecule has 2 aromatic rings. The van der Waals surface area contributed by atoms with Crippen LogP contribution in [-0.2, 0) is 4.79 Å². The number of benzene rings is 2. The molecular formula is C18H13ClF2N2O. The van der Waals surface area contributed by atoms with E-state index >= 15 is 0 Å². The van der Waals surface area contributed by atoms with Crippen LogP contribution in [-0.4, -0.2) is 5.91 Å². The summed E-state index contributed by atoms with van der Waals surface area (Å²) in [7, 11) is 0. The fraction of sp³-hybridized carbons (Fsp3) is 0.111. The molecule has 1 unspecified atom stereocenters. The molecule has 3 nitrogen and oxygen atoms in total. The number of hydrogen-bond acceptors (Lipinski definition) is 2. The number of halogens is 3. The lowest BCUT2D eigenvalue weighted by Gasteiger charge is -2.13. The van der Waals surface area contributed by atoms with Crippen molar-refractivity contribution in [1.29, 1.82) is 5.26 Å². The summed E-state index contributed by atoms with van der Waals surface area (Å²) in [5, 5.41) is 11.5. The molecule has 0 radical (unpaired) electrons. The summed E-state index contributed by atoms with van der Waals surface area (Å²) in [6, 6.07) is 12.4. The van der Waals surface area contributed by atoms with Gasteiger partial charge in [-0.2, -0.15) is 5.26 Å². The topological polar surface area (TPSA) is 52.9 Å². The second kappa shape index (κ2) is 7.71. The summed E-state index contributed by atoms with van der Waals surface area (Å²) in [6.45, 7) is 1.74. The Morgan fingerprint density at radius 3 is 2.54 bits per heavy atom. The van der Waals surface area contributed by atoms with Crippen LogP contribution in [0.25, 0.3) is 6.08 Å². The van der Waals surface area contributed by atoms with E-state index in [4.69, 9.17) is 16.9 Å². The average molecular weight is 347 g/mol.